The summed E-state index contributed by atoms with van der Waals surface area (Å²) in [5, 5.41) is 8.47. The summed E-state index contributed by atoms with van der Waals surface area (Å²) in [6, 6.07) is 4.78. The maximum Gasteiger partial charge on any atom is 0.214 e. The second-order valence-corrected chi connectivity index (χ2v) is 7.82. The number of pyridine rings is 1. The van der Waals surface area contributed by atoms with Gasteiger partial charge in [0.15, 0.2) is 0 Å². The third kappa shape index (κ3) is 3.40. The van der Waals surface area contributed by atoms with Crippen LogP contribution in [0.3, 0.4) is 0 Å². The molecule has 8 heteroatoms. The summed E-state index contributed by atoms with van der Waals surface area (Å²) in [5.74, 6) is 1.56. The lowest BCUT2D eigenvalue weighted by molar-refractivity contribution is 0.233. The van der Waals surface area contributed by atoms with Gasteiger partial charge in [-0.05, 0) is 26.7 Å². The molecule has 146 valence electrons. The molecule has 3 aromatic heterocycles. The summed E-state index contributed by atoms with van der Waals surface area (Å²) in [6.07, 6.45) is 6.18. The topological polar surface area (TPSA) is 83.1 Å². The largest absolute Gasteiger partial charge is 0.475 e. The number of aromatic nitrogens is 5. The number of aromatic amines is 1. The number of ether oxygens (including phenoxy) is 1. The van der Waals surface area contributed by atoms with Crippen LogP contribution >= 0.6 is 0 Å². The highest BCUT2D eigenvalue weighted by Gasteiger charge is 2.31. The lowest BCUT2D eigenvalue weighted by atomic mass is 10.2. The van der Waals surface area contributed by atoms with Crippen molar-refractivity contribution in [1.29, 1.82) is 0 Å². The standard InChI is InChI=1S/C20H25N7O/c1-13(2)28-19-9-15-17(11-21-19)24-25-20(15)16-10-18(23-12-22-16)27-7-5-26(6-8-27)14-3-4-14/h9-14H,3-8H2,1-2H3,(H,24,25). The molecule has 2 aliphatic rings. The molecule has 0 amide bonds. The van der Waals surface area contributed by atoms with Crippen molar-refractivity contribution in [2.75, 3.05) is 31.1 Å². The molecule has 0 radical (unpaired) electrons. The minimum Gasteiger partial charge on any atom is -0.475 e. The van der Waals surface area contributed by atoms with Gasteiger partial charge in [-0.25, -0.2) is 15.0 Å². The molecule has 5 rings (SSSR count). The number of hydrogen-bond donors (Lipinski definition) is 1. The van der Waals surface area contributed by atoms with E-state index in [0.29, 0.717) is 5.88 Å². The van der Waals surface area contributed by atoms with Crippen molar-refractivity contribution in [1.82, 2.24) is 30.0 Å². The first-order chi connectivity index (χ1) is 13.7. The van der Waals surface area contributed by atoms with Gasteiger partial charge in [0, 0.05) is 49.7 Å². The van der Waals surface area contributed by atoms with Crippen LogP contribution < -0.4 is 9.64 Å². The van der Waals surface area contributed by atoms with E-state index in [0.717, 1.165) is 60.3 Å². The zero-order valence-corrected chi connectivity index (χ0v) is 16.3. The average molecular weight is 379 g/mol. The smallest absolute Gasteiger partial charge is 0.214 e. The van der Waals surface area contributed by atoms with Crippen molar-refractivity contribution < 1.29 is 4.74 Å². The fourth-order valence-electron chi connectivity index (χ4n) is 3.80. The normalized spacial score (nSPS) is 18.2. The van der Waals surface area contributed by atoms with Gasteiger partial charge in [-0.2, -0.15) is 5.10 Å². The van der Waals surface area contributed by atoms with Crippen LogP contribution in [0, 0.1) is 0 Å². The average Bonchev–Trinajstić information content (AvgIpc) is 3.47. The van der Waals surface area contributed by atoms with Crippen LogP contribution in [0.4, 0.5) is 5.82 Å². The lowest BCUT2D eigenvalue weighted by Gasteiger charge is -2.35. The molecule has 0 aromatic carbocycles. The van der Waals surface area contributed by atoms with Crippen LogP contribution in [-0.2, 0) is 0 Å². The van der Waals surface area contributed by atoms with Crippen molar-refractivity contribution >= 4 is 16.7 Å². The number of hydrogen-bond acceptors (Lipinski definition) is 7. The molecule has 0 bridgehead atoms. The first-order valence-electron chi connectivity index (χ1n) is 9.99. The maximum absolute atomic E-state index is 5.74. The minimum atomic E-state index is 0.0697. The van der Waals surface area contributed by atoms with Crippen molar-refractivity contribution in [3.05, 3.63) is 24.7 Å². The Hall–Kier alpha value is -2.74. The molecule has 1 saturated carbocycles. The zero-order chi connectivity index (χ0) is 19.1. The van der Waals surface area contributed by atoms with Crippen LogP contribution in [0.1, 0.15) is 26.7 Å². The van der Waals surface area contributed by atoms with Gasteiger partial charge in [0.2, 0.25) is 5.88 Å². The Kier molecular flexibility index (Phi) is 4.35. The van der Waals surface area contributed by atoms with Crippen LogP contribution in [0.2, 0.25) is 0 Å². The van der Waals surface area contributed by atoms with Gasteiger partial charge in [-0.3, -0.25) is 10.00 Å². The maximum atomic E-state index is 5.74. The Balaban J connectivity index is 1.41. The van der Waals surface area contributed by atoms with Gasteiger partial charge in [-0.1, -0.05) is 0 Å². The fraction of sp³-hybridized carbons (Fsp3) is 0.500. The number of nitrogens with one attached hydrogen (secondary N) is 1. The van der Waals surface area contributed by atoms with E-state index >= 15 is 0 Å². The van der Waals surface area contributed by atoms with Crippen molar-refractivity contribution in [3.63, 3.8) is 0 Å². The summed E-state index contributed by atoms with van der Waals surface area (Å²) in [4.78, 5) is 18.3. The molecule has 28 heavy (non-hydrogen) atoms. The molecule has 1 aliphatic carbocycles. The Morgan fingerprint density at radius 2 is 1.89 bits per heavy atom. The minimum absolute atomic E-state index is 0.0697. The van der Waals surface area contributed by atoms with Crippen LogP contribution in [0.15, 0.2) is 24.7 Å². The highest BCUT2D eigenvalue weighted by molar-refractivity contribution is 5.92. The molecule has 8 nitrogen and oxygen atoms in total. The Bertz CT molecular complexity index is 974. The van der Waals surface area contributed by atoms with Gasteiger partial charge in [-0.15, -0.1) is 0 Å². The first kappa shape index (κ1) is 17.4. The summed E-state index contributed by atoms with van der Waals surface area (Å²) in [5.41, 5.74) is 2.47. The Morgan fingerprint density at radius 1 is 1.07 bits per heavy atom. The predicted octanol–water partition coefficient (Wildman–Crippen LogP) is 2.49. The van der Waals surface area contributed by atoms with Crippen molar-refractivity contribution in [2.24, 2.45) is 0 Å². The van der Waals surface area contributed by atoms with Gasteiger partial charge >= 0.3 is 0 Å². The second kappa shape index (κ2) is 7.01. The zero-order valence-electron chi connectivity index (χ0n) is 16.3. The molecular weight excluding hydrogens is 354 g/mol. The van der Waals surface area contributed by atoms with E-state index in [1.54, 1.807) is 12.5 Å². The van der Waals surface area contributed by atoms with E-state index in [1.165, 1.54) is 12.8 Å². The van der Waals surface area contributed by atoms with E-state index in [2.05, 4.69) is 34.9 Å². The number of anilines is 1. The molecule has 0 atom stereocenters. The van der Waals surface area contributed by atoms with E-state index in [9.17, 15) is 0 Å². The van der Waals surface area contributed by atoms with E-state index in [1.807, 2.05) is 26.0 Å². The Morgan fingerprint density at radius 3 is 2.64 bits per heavy atom. The summed E-state index contributed by atoms with van der Waals surface area (Å²) >= 11 is 0. The summed E-state index contributed by atoms with van der Waals surface area (Å²) in [6.45, 7) is 8.20. The van der Waals surface area contributed by atoms with Crippen LogP contribution in [0.5, 0.6) is 5.88 Å². The van der Waals surface area contributed by atoms with Crippen molar-refractivity contribution in [2.45, 2.75) is 38.8 Å². The molecule has 1 N–H and O–H groups in total. The molecule has 4 heterocycles. The van der Waals surface area contributed by atoms with E-state index < -0.39 is 0 Å². The molecule has 0 unspecified atom stereocenters. The van der Waals surface area contributed by atoms with E-state index in [-0.39, 0.29) is 6.10 Å². The highest BCUT2D eigenvalue weighted by atomic mass is 16.5. The van der Waals surface area contributed by atoms with Crippen LogP contribution in [0.25, 0.3) is 22.3 Å². The van der Waals surface area contributed by atoms with Gasteiger partial charge in [0.25, 0.3) is 0 Å². The number of rotatable bonds is 5. The summed E-state index contributed by atoms with van der Waals surface area (Å²) in [7, 11) is 0. The molecule has 2 fully saturated rings. The Labute approximate surface area is 163 Å². The molecule has 0 spiro atoms. The third-order valence-corrected chi connectivity index (χ3v) is 5.38. The fourth-order valence-corrected chi connectivity index (χ4v) is 3.80. The molecule has 1 saturated heterocycles. The quantitative estimate of drug-likeness (QED) is 0.729. The number of fused-ring (bicyclic) bond motifs is 1. The third-order valence-electron chi connectivity index (χ3n) is 5.38. The monoisotopic (exact) mass is 379 g/mol. The van der Waals surface area contributed by atoms with Gasteiger partial charge in [0.1, 0.15) is 17.8 Å². The highest BCUT2D eigenvalue weighted by Crippen LogP contribution is 2.30. The van der Waals surface area contributed by atoms with E-state index in [4.69, 9.17) is 4.74 Å². The van der Waals surface area contributed by atoms with Crippen LogP contribution in [-0.4, -0.2) is 68.4 Å². The van der Waals surface area contributed by atoms with Gasteiger partial charge < -0.3 is 9.64 Å². The number of nitrogens with zero attached hydrogens (tertiary/aromatic N) is 6. The number of H-pyrrole nitrogens is 1. The van der Waals surface area contributed by atoms with Crippen molar-refractivity contribution in [3.8, 4) is 17.3 Å². The molecular formula is C20H25N7O. The van der Waals surface area contributed by atoms with Gasteiger partial charge in [0.05, 0.1) is 23.5 Å². The molecule has 1 aliphatic heterocycles. The predicted molar refractivity (Wildman–Crippen MR) is 107 cm³/mol. The summed E-state index contributed by atoms with van der Waals surface area (Å²) < 4.78 is 5.74. The second-order valence-electron chi connectivity index (χ2n) is 7.82. The lowest BCUT2D eigenvalue weighted by Crippen LogP contribution is -2.47. The SMILES string of the molecule is CC(C)Oc1cc2c(-c3cc(N4CCN(C5CC5)CC4)ncn3)n[nH]c2cn1. The first-order valence-corrected chi connectivity index (χ1v) is 9.99. The number of piperazine rings is 1. The molecule has 3 aromatic rings.